The number of hydrogen-bond acceptors (Lipinski definition) is 5. The molecule has 0 aliphatic rings. The number of aliphatic hydroxyl groups excluding tert-OH is 1. The highest BCUT2D eigenvalue weighted by molar-refractivity contribution is 14.1. The first kappa shape index (κ1) is 17.3. The van der Waals surface area contributed by atoms with E-state index in [9.17, 15) is 13.2 Å². The summed E-state index contributed by atoms with van der Waals surface area (Å²) in [7, 11) is -3.78. The second-order valence-electron chi connectivity index (χ2n) is 3.68. The van der Waals surface area contributed by atoms with E-state index in [1.54, 1.807) is 0 Å². The maximum absolute atomic E-state index is 11.9. The molecule has 0 unspecified atom stereocenters. The summed E-state index contributed by atoms with van der Waals surface area (Å²) in [6.07, 6.45) is 0. The largest absolute Gasteiger partial charge is 0.478 e. The number of carboxylic acids is 1. The molecule has 0 aliphatic carbocycles. The quantitative estimate of drug-likeness (QED) is 0.415. The Kier molecular flexibility index (Phi) is 6.82. The number of nitrogens with one attached hydrogen (secondary N) is 1. The maximum Gasteiger partial charge on any atom is 0.336 e. The Bertz CT molecular complexity index is 574. The van der Waals surface area contributed by atoms with E-state index in [1.165, 1.54) is 12.1 Å². The van der Waals surface area contributed by atoms with Crippen molar-refractivity contribution < 1.29 is 28.2 Å². The van der Waals surface area contributed by atoms with Gasteiger partial charge in [-0.05, 0) is 40.8 Å². The highest BCUT2D eigenvalue weighted by Crippen LogP contribution is 2.17. The number of aromatic carboxylic acids is 1. The molecule has 7 nitrogen and oxygen atoms in total. The molecule has 112 valence electrons. The van der Waals surface area contributed by atoms with Crippen LogP contribution in [0.1, 0.15) is 10.4 Å². The lowest BCUT2D eigenvalue weighted by Crippen LogP contribution is -2.28. The molecule has 3 N–H and O–H groups in total. The molecule has 0 bridgehead atoms. The molecule has 1 rings (SSSR count). The van der Waals surface area contributed by atoms with E-state index in [0.29, 0.717) is 3.57 Å². The maximum atomic E-state index is 11.9. The first-order valence-corrected chi connectivity index (χ1v) is 8.16. The lowest BCUT2D eigenvalue weighted by atomic mass is 10.2. The fourth-order valence-corrected chi connectivity index (χ4v) is 2.94. The Morgan fingerprint density at radius 1 is 1.35 bits per heavy atom. The third-order valence-electron chi connectivity index (χ3n) is 2.25. The summed E-state index contributed by atoms with van der Waals surface area (Å²) < 4.78 is 31.6. The zero-order valence-corrected chi connectivity index (χ0v) is 13.3. The molecule has 0 atom stereocenters. The second kappa shape index (κ2) is 7.88. The molecular weight excluding hydrogens is 401 g/mol. The molecule has 1 aromatic carbocycles. The van der Waals surface area contributed by atoms with E-state index in [1.807, 2.05) is 22.6 Å². The van der Waals surface area contributed by atoms with Crippen molar-refractivity contribution in [3.8, 4) is 0 Å². The molecule has 0 radical (unpaired) electrons. The summed E-state index contributed by atoms with van der Waals surface area (Å²) in [5.41, 5.74) is -0.0648. The Hall–Kier alpha value is -0.750. The van der Waals surface area contributed by atoms with Crippen LogP contribution < -0.4 is 4.72 Å². The van der Waals surface area contributed by atoms with Crippen LogP contribution in [0.3, 0.4) is 0 Å². The fourth-order valence-electron chi connectivity index (χ4n) is 1.33. The predicted molar refractivity (Wildman–Crippen MR) is 79.2 cm³/mol. The van der Waals surface area contributed by atoms with E-state index < -0.39 is 16.0 Å². The molecule has 9 heteroatoms. The van der Waals surface area contributed by atoms with Crippen LogP contribution >= 0.6 is 22.6 Å². The van der Waals surface area contributed by atoms with E-state index in [4.69, 9.17) is 14.9 Å². The molecule has 0 heterocycles. The van der Waals surface area contributed by atoms with Crippen LogP contribution in [0.15, 0.2) is 23.1 Å². The van der Waals surface area contributed by atoms with Gasteiger partial charge in [0, 0.05) is 10.1 Å². The average molecular weight is 415 g/mol. The number of aliphatic hydroxyl groups is 1. The van der Waals surface area contributed by atoms with Gasteiger partial charge in [0.25, 0.3) is 0 Å². The van der Waals surface area contributed by atoms with Gasteiger partial charge in [0.05, 0.1) is 30.3 Å². The summed E-state index contributed by atoms with van der Waals surface area (Å²) in [6, 6.07) is 3.88. The van der Waals surface area contributed by atoms with Crippen molar-refractivity contribution in [1.82, 2.24) is 4.72 Å². The van der Waals surface area contributed by atoms with Crippen molar-refractivity contribution in [3.05, 3.63) is 27.3 Å². The minimum atomic E-state index is -3.78. The second-order valence-corrected chi connectivity index (χ2v) is 6.61. The van der Waals surface area contributed by atoms with Crippen LogP contribution in [0.5, 0.6) is 0 Å². The van der Waals surface area contributed by atoms with Crippen molar-refractivity contribution in [2.24, 2.45) is 0 Å². The minimum absolute atomic E-state index is 0.0384. The third-order valence-corrected chi connectivity index (χ3v) is 4.65. The van der Waals surface area contributed by atoms with Gasteiger partial charge in [-0.2, -0.15) is 0 Å². The van der Waals surface area contributed by atoms with E-state index >= 15 is 0 Å². The summed E-state index contributed by atoms with van der Waals surface area (Å²) in [5.74, 6) is -1.18. The summed E-state index contributed by atoms with van der Waals surface area (Å²) >= 11 is 1.82. The Labute approximate surface area is 130 Å². The molecule has 0 fully saturated rings. The monoisotopic (exact) mass is 415 g/mol. The minimum Gasteiger partial charge on any atom is -0.478 e. The lowest BCUT2D eigenvalue weighted by Gasteiger charge is -2.08. The van der Waals surface area contributed by atoms with Crippen LogP contribution in [0.4, 0.5) is 0 Å². The SMILES string of the molecule is O=C(O)c1cc(S(=O)(=O)NCCOCCO)ccc1I. The van der Waals surface area contributed by atoms with Crippen molar-refractivity contribution in [2.75, 3.05) is 26.4 Å². The first-order valence-electron chi connectivity index (χ1n) is 5.59. The van der Waals surface area contributed by atoms with Crippen LogP contribution in [0.25, 0.3) is 0 Å². The molecule has 20 heavy (non-hydrogen) atoms. The van der Waals surface area contributed by atoms with Gasteiger partial charge in [-0.25, -0.2) is 17.9 Å². The van der Waals surface area contributed by atoms with Gasteiger partial charge >= 0.3 is 5.97 Å². The van der Waals surface area contributed by atoms with Crippen LogP contribution in [0, 0.1) is 3.57 Å². The number of benzene rings is 1. The highest BCUT2D eigenvalue weighted by atomic mass is 127. The van der Waals surface area contributed by atoms with Gasteiger partial charge < -0.3 is 14.9 Å². The molecule has 0 saturated carbocycles. The molecule has 0 spiro atoms. The number of carboxylic acid groups (broad SMARTS) is 1. The molecule has 0 saturated heterocycles. The normalized spacial score (nSPS) is 11.5. The lowest BCUT2D eigenvalue weighted by molar-refractivity contribution is 0.0695. The van der Waals surface area contributed by atoms with E-state index in [0.717, 1.165) is 6.07 Å². The highest BCUT2D eigenvalue weighted by Gasteiger charge is 2.17. The van der Waals surface area contributed by atoms with E-state index in [-0.39, 0.29) is 36.8 Å². The van der Waals surface area contributed by atoms with Crippen LogP contribution in [0.2, 0.25) is 0 Å². The number of rotatable bonds is 8. The molecule has 1 aromatic rings. The van der Waals surface area contributed by atoms with Gasteiger partial charge in [0.1, 0.15) is 0 Å². The number of hydrogen-bond donors (Lipinski definition) is 3. The van der Waals surface area contributed by atoms with Gasteiger partial charge in [0.2, 0.25) is 10.0 Å². The van der Waals surface area contributed by atoms with Crippen molar-refractivity contribution >= 4 is 38.6 Å². The average Bonchev–Trinajstić information content (AvgIpc) is 2.38. The Morgan fingerprint density at radius 2 is 2.05 bits per heavy atom. The summed E-state index contributed by atoms with van der Waals surface area (Å²) in [5, 5.41) is 17.5. The third kappa shape index (κ3) is 4.98. The fraction of sp³-hybridized carbons (Fsp3) is 0.364. The predicted octanol–water partition coefficient (Wildman–Crippen LogP) is 0.277. The number of sulfonamides is 1. The number of halogens is 1. The number of carbonyl (C=O) groups is 1. The van der Waals surface area contributed by atoms with Gasteiger partial charge in [0.15, 0.2) is 0 Å². The molecule has 0 aliphatic heterocycles. The zero-order chi connectivity index (χ0) is 15.2. The zero-order valence-electron chi connectivity index (χ0n) is 10.4. The van der Waals surface area contributed by atoms with Crippen LogP contribution in [-0.2, 0) is 14.8 Å². The van der Waals surface area contributed by atoms with Crippen molar-refractivity contribution in [2.45, 2.75) is 4.90 Å². The molecule has 0 amide bonds. The smallest absolute Gasteiger partial charge is 0.336 e. The van der Waals surface area contributed by atoms with Gasteiger partial charge in [-0.1, -0.05) is 0 Å². The standard InChI is InChI=1S/C11H14INO6S/c12-10-2-1-8(7-9(10)11(15)16)20(17,18)13-3-5-19-6-4-14/h1-2,7,13-14H,3-6H2,(H,15,16). The van der Waals surface area contributed by atoms with Gasteiger partial charge in [-0.15, -0.1) is 0 Å². The Balaban J connectivity index is 2.77. The Morgan fingerprint density at radius 3 is 2.65 bits per heavy atom. The van der Waals surface area contributed by atoms with Gasteiger partial charge in [-0.3, -0.25) is 0 Å². The molecule has 0 aromatic heterocycles. The topological polar surface area (TPSA) is 113 Å². The van der Waals surface area contributed by atoms with Crippen molar-refractivity contribution in [1.29, 1.82) is 0 Å². The van der Waals surface area contributed by atoms with Crippen LogP contribution in [-0.4, -0.2) is 51.0 Å². The van der Waals surface area contributed by atoms with E-state index in [2.05, 4.69) is 4.72 Å². The van der Waals surface area contributed by atoms with Crippen molar-refractivity contribution in [3.63, 3.8) is 0 Å². The number of ether oxygens (including phenoxy) is 1. The summed E-state index contributed by atoms with van der Waals surface area (Å²) in [6.45, 7) is 0.160. The first-order chi connectivity index (χ1) is 9.38. The summed E-state index contributed by atoms with van der Waals surface area (Å²) in [4.78, 5) is 10.9. The molecular formula is C11H14INO6S.